The van der Waals surface area contributed by atoms with Gasteiger partial charge in [0.05, 0.1) is 22.2 Å². The highest BCUT2D eigenvalue weighted by Crippen LogP contribution is 2.29. The first kappa shape index (κ1) is 32.0. The fourth-order valence-electron chi connectivity index (χ4n) is 3.74. The van der Waals surface area contributed by atoms with E-state index in [1.165, 1.54) is 0 Å². The van der Waals surface area contributed by atoms with Gasteiger partial charge in [0.25, 0.3) is 11.8 Å². The lowest BCUT2D eigenvalue weighted by atomic mass is 10.2. The lowest BCUT2D eigenvalue weighted by Gasteiger charge is -2.11. The van der Waals surface area contributed by atoms with Crippen LogP contribution in [0.2, 0.25) is 0 Å². The van der Waals surface area contributed by atoms with Crippen molar-refractivity contribution < 1.29 is 33.3 Å². The van der Waals surface area contributed by atoms with Crippen LogP contribution in [0.5, 0.6) is 23.0 Å². The van der Waals surface area contributed by atoms with E-state index in [9.17, 15) is 9.59 Å². The van der Waals surface area contributed by atoms with Gasteiger partial charge in [-0.2, -0.15) is 0 Å². The average molecular weight is 714 g/mol. The minimum absolute atomic E-state index is 0.255. The highest BCUT2D eigenvalue weighted by Gasteiger charge is 2.12. The summed E-state index contributed by atoms with van der Waals surface area (Å²) in [5, 5.41) is 5.75. The van der Waals surface area contributed by atoms with Gasteiger partial charge in [0, 0.05) is 36.7 Å². The third-order valence-electron chi connectivity index (χ3n) is 5.94. The van der Waals surface area contributed by atoms with Crippen molar-refractivity contribution in [2.24, 2.45) is 0 Å². The van der Waals surface area contributed by atoms with E-state index in [0.717, 1.165) is 0 Å². The smallest absolute Gasteiger partial charge is 0.255 e. The number of anilines is 2. The SMILES string of the molecule is COCCOc1ccc(C(=O)Nc2ccc(Oc3ccc(NC(=O)c4ccc(OCCOC)c(Br)c4)cc3)cc2)cc1Br. The summed E-state index contributed by atoms with van der Waals surface area (Å²) in [5.41, 5.74) is 2.20. The molecule has 0 spiro atoms. The summed E-state index contributed by atoms with van der Waals surface area (Å²) in [7, 11) is 3.21. The Kier molecular flexibility index (Phi) is 12.0. The van der Waals surface area contributed by atoms with Crippen LogP contribution in [-0.4, -0.2) is 52.5 Å². The maximum Gasteiger partial charge on any atom is 0.255 e. The molecule has 4 rings (SSSR count). The highest BCUT2D eigenvalue weighted by atomic mass is 79.9. The number of carbonyl (C=O) groups excluding carboxylic acids is 2. The first-order chi connectivity index (χ1) is 20.9. The molecule has 0 atom stereocenters. The molecule has 0 aliphatic rings. The van der Waals surface area contributed by atoms with Crippen molar-refractivity contribution in [2.45, 2.75) is 0 Å². The summed E-state index contributed by atoms with van der Waals surface area (Å²) in [6.45, 7) is 1.77. The molecule has 9 nitrogen and oxygen atoms in total. The van der Waals surface area contributed by atoms with Gasteiger partial charge in [-0.3, -0.25) is 9.59 Å². The Morgan fingerprint density at radius 1 is 0.581 bits per heavy atom. The number of carbonyl (C=O) groups is 2. The van der Waals surface area contributed by atoms with E-state index in [2.05, 4.69) is 42.5 Å². The van der Waals surface area contributed by atoms with E-state index in [4.69, 9.17) is 23.7 Å². The molecule has 0 saturated heterocycles. The first-order valence-electron chi connectivity index (χ1n) is 13.2. The summed E-state index contributed by atoms with van der Waals surface area (Å²) in [6, 6.07) is 24.3. The Balaban J connectivity index is 1.28. The van der Waals surface area contributed by atoms with Crippen molar-refractivity contribution in [2.75, 3.05) is 51.3 Å². The summed E-state index contributed by atoms with van der Waals surface area (Å²) in [6.07, 6.45) is 0. The first-order valence-corrected chi connectivity index (χ1v) is 14.8. The molecule has 0 bridgehead atoms. The van der Waals surface area contributed by atoms with E-state index >= 15 is 0 Å². The van der Waals surface area contributed by atoms with Crippen LogP contribution in [0.1, 0.15) is 20.7 Å². The lowest BCUT2D eigenvalue weighted by molar-refractivity contribution is 0.101. The molecule has 11 heteroatoms. The molecule has 0 unspecified atom stereocenters. The van der Waals surface area contributed by atoms with E-state index in [1.807, 2.05) is 0 Å². The second-order valence-electron chi connectivity index (χ2n) is 9.03. The molecule has 0 aliphatic heterocycles. The van der Waals surface area contributed by atoms with Gasteiger partial charge in [-0.05, 0) is 117 Å². The quantitative estimate of drug-likeness (QED) is 0.130. The summed E-state index contributed by atoms with van der Waals surface area (Å²) in [5.74, 6) is 1.94. The number of halogens is 2. The Morgan fingerprint density at radius 3 is 1.33 bits per heavy atom. The molecule has 0 fully saturated rings. The van der Waals surface area contributed by atoms with Crippen LogP contribution in [0.3, 0.4) is 0 Å². The molecule has 2 amide bonds. The predicted octanol–water partition coefficient (Wildman–Crippen LogP) is 7.56. The normalized spacial score (nSPS) is 10.6. The van der Waals surface area contributed by atoms with Gasteiger partial charge >= 0.3 is 0 Å². The third-order valence-corrected chi connectivity index (χ3v) is 7.18. The van der Waals surface area contributed by atoms with Crippen molar-refractivity contribution in [3.05, 3.63) is 105 Å². The number of rotatable bonds is 14. The molecule has 224 valence electrons. The van der Waals surface area contributed by atoms with Gasteiger partial charge in [0.2, 0.25) is 0 Å². The molecule has 0 radical (unpaired) electrons. The molecule has 0 heterocycles. The van der Waals surface area contributed by atoms with Crippen molar-refractivity contribution in [3.8, 4) is 23.0 Å². The summed E-state index contributed by atoms with van der Waals surface area (Å²) in [4.78, 5) is 25.5. The fraction of sp³-hybridized carbons (Fsp3) is 0.188. The van der Waals surface area contributed by atoms with Gasteiger partial charge in [0.1, 0.15) is 36.2 Å². The standard InChI is InChI=1S/C32H30Br2N2O7/c1-39-15-17-41-29-13-3-21(19-27(29)33)31(37)35-23-5-9-25(10-6-23)43-26-11-7-24(8-12-26)36-32(38)22-4-14-30(28(34)20-22)42-18-16-40-2/h3-14,19-20H,15-18H2,1-2H3,(H,35,37)(H,36,38). The van der Waals surface area contributed by atoms with Gasteiger partial charge in [0.15, 0.2) is 0 Å². The summed E-state index contributed by atoms with van der Waals surface area (Å²) < 4.78 is 28.5. The zero-order valence-corrected chi connectivity index (χ0v) is 26.7. The minimum atomic E-state index is -0.255. The molecular weight excluding hydrogens is 684 g/mol. The maximum atomic E-state index is 12.7. The second-order valence-corrected chi connectivity index (χ2v) is 10.7. The molecule has 43 heavy (non-hydrogen) atoms. The van der Waals surface area contributed by atoms with Crippen molar-refractivity contribution in [3.63, 3.8) is 0 Å². The number of methoxy groups -OCH3 is 2. The number of nitrogens with one attached hydrogen (secondary N) is 2. The Morgan fingerprint density at radius 2 is 0.977 bits per heavy atom. The second kappa shape index (κ2) is 16.1. The number of ether oxygens (including phenoxy) is 5. The van der Waals surface area contributed by atoms with Crippen LogP contribution in [0.4, 0.5) is 11.4 Å². The monoisotopic (exact) mass is 712 g/mol. The predicted molar refractivity (Wildman–Crippen MR) is 172 cm³/mol. The van der Waals surface area contributed by atoms with Crippen molar-refractivity contribution in [1.29, 1.82) is 0 Å². The Hall–Kier alpha value is -3.90. The maximum absolute atomic E-state index is 12.7. The third kappa shape index (κ3) is 9.55. The molecule has 0 aromatic heterocycles. The van der Waals surface area contributed by atoms with Crippen molar-refractivity contribution in [1.82, 2.24) is 0 Å². The average Bonchev–Trinajstić information content (AvgIpc) is 3.01. The zero-order valence-electron chi connectivity index (χ0n) is 23.5. The molecule has 4 aromatic carbocycles. The number of amides is 2. The molecular formula is C32H30Br2N2O7. The minimum Gasteiger partial charge on any atom is -0.490 e. The van der Waals surface area contributed by atoms with Gasteiger partial charge in [-0.1, -0.05) is 0 Å². The van der Waals surface area contributed by atoms with Gasteiger partial charge < -0.3 is 34.3 Å². The van der Waals surface area contributed by atoms with Crippen LogP contribution < -0.4 is 24.8 Å². The van der Waals surface area contributed by atoms with Crippen molar-refractivity contribution >= 4 is 55.0 Å². The topological polar surface area (TPSA) is 104 Å². The molecule has 2 N–H and O–H groups in total. The van der Waals surface area contributed by atoms with E-state index < -0.39 is 0 Å². The number of hydrogen-bond acceptors (Lipinski definition) is 7. The Labute approximate surface area is 266 Å². The number of benzene rings is 4. The Bertz CT molecular complexity index is 1420. The molecule has 0 aliphatic carbocycles. The van der Waals surface area contributed by atoms with E-state index in [-0.39, 0.29) is 11.8 Å². The van der Waals surface area contributed by atoms with Crippen LogP contribution in [0.15, 0.2) is 93.9 Å². The van der Waals surface area contributed by atoms with E-state index in [0.29, 0.717) is 80.9 Å². The van der Waals surface area contributed by atoms with Crippen LogP contribution in [-0.2, 0) is 9.47 Å². The molecule has 0 saturated carbocycles. The lowest BCUT2D eigenvalue weighted by Crippen LogP contribution is -2.12. The summed E-state index contributed by atoms with van der Waals surface area (Å²) >= 11 is 6.88. The largest absolute Gasteiger partial charge is 0.490 e. The van der Waals surface area contributed by atoms with Gasteiger partial charge in [-0.25, -0.2) is 0 Å². The zero-order chi connectivity index (χ0) is 30.6. The van der Waals surface area contributed by atoms with Crippen LogP contribution >= 0.6 is 31.9 Å². The van der Waals surface area contributed by atoms with E-state index in [1.54, 1.807) is 99.1 Å². The van der Waals surface area contributed by atoms with Gasteiger partial charge in [-0.15, -0.1) is 0 Å². The number of hydrogen-bond donors (Lipinski definition) is 2. The molecule has 4 aromatic rings. The van der Waals surface area contributed by atoms with Crippen LogP contribution in [0, 0.1) is 0 Å². The van der Waals surface area contributed by atoms with Crippen LogP contribution in [0.25, 0.3) is 0 Å². The fourth-order valence-corrected chi connectivity index (χ4v) is 4.73. The highest BCUT2D eigenvalue weighted by molar-refractivity contribution is 9.10.